The highest BCUT2D eigenvalue weighted by atomic mass is 19.1. The second-order valence-corrected chi connectivity index (χ2v) is 7.25. The average molecular weight is 302 g/mol. The van der Waals surface area contributed by atoms with E-state index in [0.29, 0.717) is 12.5 Å². The van der Waals surface area contributed by atoms with Gasteiger partial charge in [-0.3, -0.25) is 4.79 Å². The maximum Gasteiger partial charge on any atom is 0.230 e. The largest absolute Gasteiger partial charge is 0.316 e. The van der Waals surface area contributed by atoms with E-state index in [-0.39, 0.29) is 23.1 Å². The maximum absolute atomic E-state index is 14.5. The van der Waals surface area contributed by atoms with Crippen LogP contribution >= 0.6 is 0 Å². The van der Waals surface area contributed by atoms with Crippen LogP contribution in [0.2, 0.25) is 0 Å². The van der Waals surface area contributed by atoms with Gasteiger partial charge in [0, 0.05) is 23.4 Å². The van der Waals surface area contributed by atoms with Gasteiger partial charge in [0.1, 0.15) is 5.82 Å². The van der Waals surface area contributed by atoms with Gasteiger partial charge in [0.2, 0.25) is 5.91 Å². The summed E-state index contributed by atoms with van der Waals surface area (Å²) in [5.74, 6) is 0.466. The summed E-state index contributed by atoms with van der Waals surface area (Å²) in [6.07, 6.45) is 4.28. The third-order valence-corrected chi connectivity index (χ3v) is 6.01. The molecule has 1 atom stereocenters. The molecule has 2 fully saturated rings. The molecule has 1 saturated heterocycles. The van der Waals surface area contributed by atoms with E-state index in [9.17, 15) is 9.18 Å². The Kier molecular flexibility index (Phi) is 3.26. The van der Waals surface area contributed by atoms with E-state index in [4.69, 9.17) is 0 Å². The Labute approximate surface area is 130 Å². The van der Waals surface area contributed by atoms with Crippen LogP contribution in [0.5, 0.6) is 0 Å². The fourth-order valence-electron chi connectivity index (χ4n) is 4.50. The van der Waals surface area contributed by atoms with Crippen molar-refractivity contribution in [1.82, 2.24) is 5.32 Å². The molecule has 0 bridgehead atoms. The van der Waals surface area contributed by atoms with Crippen molar-refractivity contribution in [1.29, 1.82) is 0 Å². The molecule has 1 aromatic rings. The van der Waals surface area contributed by atoms with Gasteiger partial charge in [0.25, 0.3) is 0 Å². The molecule has 1 N–H and O–H groups in total. The number of nitrogens with zero attached hydrogens (tertiary/aromatic N) is 1. The second-order valence-electron chi connectivity index (χ2n) is 7.25. The van der Waals surface area contributed by atoms with Crippen LogP contribution in [-0.2, 0) is 10.2 Å². The summed E-state index contributed by atoms with van der Waals surface area (Å²) in [6, 6.07) is 5.21. The lowest BCUT2D eigenvalue weighted by molar-refractivity contribution is -0.124. The zero-order valence-electron chi connectivity index (χ0n) is 13.1. The van der Waals surface area contributed by atoms with Gasteiger partial charge in [0.05, 0.1) is 5.69 Å². The highest BCUT2D eigenvalue weighted by Crippen LogP contribution is 2.51. The molecule has 3 nitrogen and oxygen atoms in total. The number of halogens is 1. The number of fused-ring (bicyclic) bond motifs is 2. The predicted octanol–water partition coefficient (Wildman–Crippen LogP) is 2.84. The zero-order chi connectivity index (χ0) is 15.3. The van der Waals surface area contributed by atoms with Crippen LogP contribution in [0.25, 0.3) is 0 Å². The number of anilines is 1. The van der Waals surface area contributed by atoms with Crippen LogP contribution in [0.3, 0.4) is 0 Å². The summed E-state index contributed by atoms with van der Waals surface area (Å²) in [6.45, 7) is 4.53. The number of hydrogen-bond donors (Lipinski definition) is 1. The molecule has 22 heavy (non-hydrogen) atoms. The van der Waals surface area contributed by atoms with Crippen molar-refractivity contribution in [2.24, 2.45) is 11.8 Å². The first kappa shape index (κ1) is 14.2. The highest BCUT2D eigenvalue weighted by molar-refractivity contribution is 5.98. The second kappa shape index (κ2) is 5.05. The van der Waals surface area contributed by atoms with E-state index < -0.39 is 0 Å². The maximum atomic E-state index is 14.5. The first-order valence-corrected chi connectivity index (χ1v) is 8.43. The van der Waals surface area contributed by atoms with Gasteiger partial charge in [-0.15, -0.1) is 0 Å². The fraction of sp³-hybridized carbons (Fsp3) is 0.611. The molecule has 0 radical (unpaired) electrons. The molecule has 1 saturated carbocycles. The first-order chi connectivity index (χ1) is 10.6. The Hall–Kier alpha value is -1.42. The van der Waals surface area contributed by atoms with E-state index in [1.807, 2.05) is 17.9 Å². The van der Waals surface area contributed by atoms with Crippen LogP contribution in [-0.4, -0.2) is 25.5 Å². The normalized spacial score (nSPS) is 24.4. The van der Waals surface area contributed by atoms with Crippen LogP contribution in [0.4, 0.5) is 10.1 Å². The number of nitrogens with one attached hydrogen (secondary N) is 1. The van der Waals surface area contributed by atoms with Crippen molar-refractivity contribution in [2.45, 2.75) is 38.0 Å². The minimum atomic E-state index is -0.132. The molecule has 2 heterocycles. The molecule has 1 amide bonds. The summed E-state index contributed by atoms with van der Waals surface area (Å²) in [5.41, 5.74) is 1.50. The summed E-state index contributed by atoms with van der Waals surface area (Å²) in [4.78, 5) is 14.9. The molecule has 1 aliphatic carbocycles. The average Bonchev–Trinajstić information content (AvgIpc) is 3.03. The quantitative estimate of drug-likeness (QED) is 0.911. The van der Waals surface area contributed by atoms with Gasteiger partial charge in [-0.25, -0.2) is 4.39 Å². The van der Waals surface area contributed by atoms with Crippen LogP contribution in [0, 0.1) is 17.7 Å². The minimum Gasteiger partial charge on any atom is -0.316 e. The molecule has 2 aliphatic heterocycles. The van der Waals surface area contributed by atoms with E-state index >= 15 is 0 Å². The molecule has 3 aliphatic rings. The number of carbonyl (C=O) groups excluding carboxylic acids is 1. The number of carbonyl (C=O) groups is 1. The minimum absolute atomic E-state index is 0.00826. The van der Waals surface area contributed by atoms with Gasteiger partial charge < -0.3 is 10.2 Å². The highest BCUT2D eigenvalue weighted by Gasteiger charge is 2.49. The van der Waals surface area contributed by atoms with Crippen LogP contribution in [0.1, 0.15) is 38.2 Å². The van der Waals surface area contributed by atoms with Crippen molar-refractivity contribution < 1.29 is 9.18 Å². The molecule has 4 heteroatoms. The molecule has 118 valence electrons. The van der Waals surface area contributed by atoms with Crippen molar-refractivity contribution in [3.05, 3.63) is 29.6 Å². The van der Waals surface area contributed by atoms with Gasteiger partial charge in [-0.1, -0.05) is 25.8 Å². The topological polar surface area (TPSA) is 32.3 Å². The van der Waals surface area contributed by atoms with Crippen molar-refractivity contribution in [3.63, 3.8) is 0 Å². The number of amides is 1. The molecule has 4 rings (SSSR count). The Morgan fingerprint density at radius 1 is 1.36 bits per heavy atom. The first-order valence-electron chi connectivity index (χ1n) is 8.43. The summed E-state index contributed by atoms with van der Waals surface area (Å²) >= 11 is 0. The van der Waals surface area contributed by atoms with E-state index in [1.165, 1.54) is 0 Å². The summed E-state index contributed by atoms with van der Waals surface area (Å²) in [5, 5.41) is 3.23. The molecule has 1 unspecified atom stereocenters. The Balaban J connectivity index is 1.70. The predicted molar refractivity (Wildman–Crippen MR) is 84.4 cm³/mol. The van der Waals surface area contributed by atoms with Crippen molar-refractivity contribution >= 4 is 11.6 Å². The number of rotatable bonds is 2. The third-order valence-electron chi connectivity index (χ3n) is 6.01. The Morgan fingerprint density at radius 2 is 2.09 bits per heavy atom. The van der Waals surface area contributed by atoms with E-state index in [2.05, 4.69) is 5.32 Å². The zero-order valence-corrected chi connectivity index (χ0v) is 13.1. The molecular formula is C18H23FN2O. The monoisotopic (exact) mass is 302 g/mol. The molecule has 0 aromatic heterocycles. The van der Waals surface area contributed by atoms with Gasteiger partial charge in [-0.05, 0) is 44.0 Å². The Bertz CT molecular complexity index is 605. The third kappa shape index (κ3) is 1.93. The fourth-order valence-corrected chi connectivity index (χ4v) is 4.50. The van der Waals surface area contributed by atoms with E-state index in [0.717, 1.165) is 50.0 Å². The van der Waals surface area contributed by atoms with Gasteiger partial charge >= 0.3 is 0 Å². The van der Waals surface area contributed by atoms with Gasteiger partial charge in [-0.2, -0.15) is 0 Å². The summed E-state index contributed by atoms with van der Waals surface area (Å²) < 4.78 is 14.5. The van der Waals surface area contributed by atoms with Crippen molar-refractivity contribution in [2.75, 3.05) is 24.5 Å². The molecule has 1 aromatic carbocycles. The molecule has 1 spiro atoms. The standard InChI is InChI=1S/C18H23FN2O/c1-12(13-9-20-10-13)17(22)21-11-18(7-2-3-8-18)16-14(19)5-4-6-15(16)21/h4-6,12-13,20H,2-3,7-11H2,1H3. The van der Waals surface area contributed by atoms with Crippen molar-refractivity contribution in [3.8, 4) is 0 Å². The summed E-state index contributed by atoms with van der Waals surface area (Å²) in [7, 11) is 0. The van der Waals surface area contributed by atoms with Crippen LogP contribution in [0.15, 0.2) is 18.2 Å². The lowest BCUT2D eigenvalue weighted by Gasteiger charge is -2.34. The Morgan fingerprint density at radius 3 is 2.73 bits per heavy atom. The number of benzene rings is 1. The number of hydrogen-bond acceptors (Lipinski definition) is 2. The SMILES string of the molecule is CC(C(=O)N1CC2(CCCC2)c2c(F)cccc21)C1CNC1. The van der Waals surface area contributed by atoms with Gasteiger partial charge in [0.15, 0.2) is 0 Å². The van der Waals surface area contributed by atoms with E-state index in [1.54, 1.807) is 12.1 Å². The smallest absolute Gasteiger partial charge is 0.230 e. The molecular weight excluding hydrogens is 279 g/mol. The van der Waals surface area contributed by atoms with Crippen LogP contribution < -0.4 is 10.2 Å². The lowest BCUT2D eigenvalue weighted by Crippen LogP contribution is -2.50. The lowest BCUT2D eigenvalue weighted by atomic mass is 9.80.